The van der Waals surface area contributed by atoms with Crippen molar-refractivity contribution < 1.29 is 27.6 Å². The van der Waals surface area contributed by atoms with Gasteiger partial charge in [-0.1, -0.05) is 36.4 Å². The number of alkyl halides is 3. The fraction of sp³-hybridized carbons (Fsp3) is 0.414. The van der Waals surface area contributed by atoms with E-state index in [1.165, 1.54) is 18.2 Å². The Bertz CT molecular complexity index is 1400. The normalized spacial score (nSPS) is 19.0. The Kier molecular flexibility index (Phi) is 8.74. The molecular formula is C29H31F3N6O4. The topological polar surface area (TPSA) is 114 Å². The molecule has 1 saturated carbocycles. The first-order chi connectivity index (χ1) is 20.2. The van der Waals surface area contributed by atoms with Crippen LogP contribution >= 0.6 is 0 Å². The van der Waals surface area contributed by atoms with Crippen LogP contribution in [0.5, 0.6) is 5.75 Å². The number of carbonyl (C=O) groups excluding carboxylic acids is 1. The molecular weight excluding hydrogens is 553 g/mol. The summed E-state index contributed by atoms with van der Waals surface area (Å²) in [6.07, 6.45) is 1.22. The Labute approximate surface area is 240 Å². The van der Waals surface area contributed by atoms with E-state index in [1.54, 1.807) is 11.0 Å². The van der Waals surface area contributed by atoms with Gasteiger partial charge < -0.3 is 19.9 Å². The number of benzene rings is 2. The molecule has 13 heteroatoms. The zero-order valence-corrected chi connectivity index (χ0v) is 22.8. The van der Waals surface area contributed by atoms with Crippen LogP contribution in [0.1, 0.15) is 44.1 Å². The van der Waals surface area contributed by atoms with Crippen LogP contribution in [0.2, 0.25) is 0 Å². The molecule has 1 aromatic heterocycles. The molecule has 1 aliphatic heterocycles. The molecule has 2 aromatic carbocycles. The molecule has 1 N–H and O–H groups in total. The number of nitrogens with one attached hydrogen (secondary N) is 1. The van der Waals surface area contributed by atoms with Gasteiger partial charge in [0.1, 0.15) is 11.9 Å². The fourth-order valence-corrected chi connectivity index (χ4v) is 5.70. The van der Waals surface area contributed by atoms with Gasteiger partial charge in [0.15, 0.2) is 0 Å². The molecule has 2 heterocycles. The number of nitro groups is 1. The summed E-state index contributed by atoms with van der Waals surface area (Å²) in [7, 11) is 0. The van der Waals surface area contributed by atoms with E-state index in [1.807, 2.05) is 35.2 Å². The maximum atomic E-state index is 12.9. The van der Waals surface area contributed by atoms with Gasteiger partial charge in [-0.2, -0.15) is 4.98 Å². The van der Waals surface area contributed by atoms with Gasteiger partial charge in [-0.15, -0.1) is 13.2 Å². The molecule has 1 amide bonds. The van der Waals surface area contributed by atoms with Crippen LogP contribution in [0.15, 0.2) is 60.8 Å². The molecule has 0 spiro atoms. The van der Waals surface area contributed by atoms with Crippen LogP contribution in [0.25, 0.3) is 0 Å². The number of rotatable bonds is 10. The van der Waals surface area contributed by atoms with Gasteiger partial charge >= 0.3 is 12.0 Å². The van der Waals surface area contributed by atoms with Crippen molar-refractivity contribution in [2.45, 2.75) is 57.5 Å². The zero-order chi connectivity index (χ0) is 29.7. The van der Waals surface area contributed by atoms with Crippen LogP contribution in [0.4, 0.5) is 36.3 Å². The Morgan fingerprint density at radius 3 is 2.45 bits per heavy atom. The highest BCUT2D eigenvalue weighted by Crippen LogP contribution is 2.37. The number of carbonyl (C=O) groups is 1. The number of amides is 1. The lowest BCUT2D eigenvalue weighted by Gasteiger charge is -2.36. The van der Waals surface area contributed by atoms with E-state index in [0.29, 0.717) is 18.7 Å². The van der Waals surface area contributed by atoms with Crippen molar-refractivity contribution in [1.82, 2.24) is 14.9 Å². The minimum Gasteiger partial charge on any atom is -0.405 e. The molecule has 0 radical (unpaired) electrons. The number of likely N-dealkylation sites (tertiary alicyclic amines) is 1. The summed E-state index contributed by atoms with van der Waals surface area (Å²) >= 11 is 0. The smallest absolute Gasteiger partial charge is 0.405 e. The van der Waals surface area contributed by atoms with E-state index in [2.05, 4.69) is 20.0 Å². The number of aromatic nitrogens is 2. The Morgan fingerprint density at radius 2 is 1.79 bits per heavy atom. The minimum absolute atomic E-state index is 0.0228. The van der Waals surface area contributed by atoms with E-state index in [0.717, 1.165) is 44.8 Å². The first-order valence-corrected chi connectivity index (χ1v) is 13.9. The SMILES string of the molecule is O=C1CCCN1[C@H]1CC[C@H](CN(c2ccccc2)c2nc(NCc3ccccc3OC(F)(F)F)ncc2[N+](=O)[O-])CC1. The number of ether oxygens (including phenoxy) is 1. The lowest BCUT2D eigenvalue weighted by Crippen LogP contribution is -2.40. The van der Waals surface area contributed by atoms with E-state index in [9.17, 15) is 28.1 Å². The van der Waals surface area contributed by atoms with Gasteiger partial charge in [-0.05, 0) is 56.2 Å². The number of anilines is 3. The van der Waals surface area contributed by atoms with E-state index in [4.69, 9.17) is 0 Å². The Balaban J connectivity index is 1.38. The summed E-state index contributed by atoms with van der Waals surface area (Å²) in [6, 6.07) is 15.1. The van der Waals surface area contributed by atoms with Crippen molar-refractivity contribution in [1.29, 1.82) is 0 Å². The predicted octanol–water partition coefficient (Wildman–Crippen LogP) is 6.21. The first-order valence-electron chi connectivity index (χ1n) is 13.9. The number of para-hydroxylation sites is 2. The summed E-state index contributed by atoms with van der Waals surface area (Å²) in [4.78, 5) is 36.1. The van der Waals surface area contributed by atoms with Gasteiger partial charge in [-0.3, -0.25) is 14.9 Å². The van der Waals surface area contributed by atoms with Gasteiger partial charge in [0.25, 0.3) is 0 Å². The van der Waals surface area contributed by atoms with Gasteiger partial charge in [-0.25, -0.2) is 4.98 Å². The second kappa shape index (κ2) is 12.6. The van der Waals surface area contributed by atoms with Crippen molar-refractivity contribution >= 4 is 29.0 Å². The van der Waals surface area contributed by atoms with E-state index in [-0.39, 0.29) is 53.2 Å². The van der Waals surface area contributed by atoms with Crippen molar-refractivity contribution in [3.8, 4) is 5.75 Å². The highest BCUT2D eigenvalue weighted by Gasteiger charge is 2.34. The molecule has 0 unspecified atom stereocenters. The lowest BCUT2D eigenvalue weighted by atomic mass is 9.85. The van der Waals surface area contributed by atoms with Crippen LogP contribution in [-0.4, -0.2) is 51.2 Å². The maximum absolute atomic E-state index is 12.9. The summed E-state index contributed by atoms with van der Waals surface area (Å²) in [6.45, 7) is 1.17. The van der Waals surface area contributed by atoms with Crippen molar-refractivity contribution in [3.63, 3.8) is 0 Å². The van der Waals surface area contributed by atoms with E-state index < -0.39 is 11.3 Å². The molecule has 3 aromatic rings. The molecule has 0 atom stereocenters. The second-order valence-electron chi connectivity index (χ2n) is 10.5. The van der Waals surface area contributed by atoms with Crippen LogP contribution in [-0.2, 0) is 11.3 Å². The third kappa shape index (κ3) is 7.07. The number of nitrogens with zero attached hydrogens (tertiary/aromatic N) is 5. The van der Waals surface area contributed by atoms with Gasteiger partial charge in [0, 0.05) is 43.3 Å². The van der Waals surface area contributed by atoms with Crippen LogP contribution < -0.4 is 15.0 Å². The average Bonchev–Trinajstić information content (AvgIpc) is 3.41. The molecule has 2 fully saturated rings. The quantitative estimate of drug-likeness (QED) is 0.221. The predicted molar refractivity (Wildman–Crippen MR) is 149 cm³/mol. The monoisotopic (exact) mass is 584 g/mol. The summed E-state index contributed by atoms with van der Waals surface area (Å²) in [5, 5.41) is 14.9. The second-order valence-corrected chi connectivity index (χ2v) is 10.5. The third-order valence-electron chi connectivity index (χ3n) is 7.71. The molecule has 1 saturated heterocycles. The Hall–Kier alpha value is -4.42. The molecule has 42 heavy (non-hydrogen) atoms. The van der Waals surface area contributed by atoms with Crippen LogP contribution in [0, 0.1) is 16.0 Å². The van der Waals surface area contributed by atoms with Gasteiger partial charge in [0.05, 0.1) is 4.92 Å². The molecule has 222 valence electrons. The summed E-state index contributed by atoms with van der Waals surface area (Å²) in [5.41, 5.74) is 0.638. The maximum Gasteiger partial charge on any atom is 0.573 e. The molecule has 5 rings (SSSR count). The number of halogens is 3. The number of hydrogen-bond acceptors (Lipinski definition) is 8. The highest BCUT2D eigenvalue weighted by atomic mass is 19.4. The Morgan fingerprint density at radius 1 is 1.07 bits per heavy atom. The molecule has 2 aliphatic rings. The average molecular weight is 585 g/mol. The van der Waals surface area contributed by atoms with Crippen molar-refractivity contribution in [3.05, 3.63) is 76.5 Å². The standard InChI is InChI=1S/C29H31F3N6O4/c30-29(31,32)42-25-10-5-4-7-21(25)17-33-28-34-18-24(38(40)41)27(35-28)37(22-8-2-1-3-9-22)19-20-12-14-23(15-13-20)36-16-6-11-26(36)39/h1-5,7-10,18,20,23H,6,11-17,19H2,(H,33,34,35)/t20-,23-. The van der Waals surface area contributed by atoms with E-state index >= 15 is 0 Å². The minimum atomic E-state index is -4.85. The molecule has 0 bridgehead atoms. The zero-order valence-electron chi connectivity index (χ0n) is 22.8. The molecule has 1 aliphatic carbocycles. The first kappa shape index (κ1) is 29.1. The summed E-state index contributed by atoms with van der Waals surface area (Å²) in [5.74, 6) is 0.164. The molecule has 10 nitrogen and oxygen atoms in total. The van der Waals surface area contributed by atoms with Crippen LogP contribution in [0.3, 0.4) is 0 Å². The van der Waals surface area contributed by atoms with Crippen molar-refractivity contribution in [2.75, 3.05) is 23.3 Å². The highest BCUT2D eigenvalue weighted by molar-refractivity contribution is 5.78. The summed E-state index contributed by atoms with van der Waals surface area (Å²) < 4.78 is 42.7. The third-order valence-corrected chi connectivity index (χ3v) is 7.71. The van der Waals surface area contributed by atoms with Gasteiger partial charge in [0.2, 0.25) is 17.7 Å². The number of hydrogen-bond donors (Lipinski definition) is 1. The fourth-order valence-electron chi connectivity index (χ4n) is 5.70. The largest absolute Gasteiger partial charge is 0.573 e. The lowest BCUT2D eigenvalue weighted by molar-refractivity contribution is -0.384. The van der Waals surface area contributed by atoms with Crippen molar-refractivity contribution in [2.24, 2.45) is 5.92 Å².